The van der Waals surface area contributed by atoms with Gasteiger partial charge in [0.2, 0.25) is 0 Å². The van der Waals surface area contributed by atoms with E-state index in [4.69, 9.17) is 9.15 Å². The molecule has 4 rings (SSSR count). The van der Waals surface area contributed by atoms with Crippen LogP contribution in [0.4, 0.5) is 4.39 Å². The van der Waals surface area contributed by atoms with Crippen LogP contribution in [0.15, 0.2) is 47.3 Å². The predicted molar refractivity (Wildman–Crippen MR) is 89.6 cm³/mol. The minimum absolute atomic E-state index is 0.0177. The number of carbonyl (C=O) groups is 1. The molecule has 2 aliphatic rings. The number of carbonyl (C=O) groups excluding carboxylic acids is 1. The Kier molecular flexibility index (Phi) is 4.55. The normalized spacial score (nSPS) is 23.6. The Bertz CT molecular complexity index is 734. The van der Waals surface area contributed by atoms with E-state index < -0.39 is 0 Å². The molecule has 0 unspecified atom stereocenters. The molecule has 5 nitrogen and oxygen atoms in total. The molecular weight excluding hydrogens is 323 g/mol. The number of benzene rings is 1. The van der Waals surface area contributed by atoms with Gasteiger partial charge in [-0.1, -0.05) is 18.2 Å². The highest BCUT2D eigenvalue weighted by Crippen LogP contribution is 2.26. The topological polar surface area (TPSA) is 45.9 Å². The van der Waals surface area contributed by atoms with Gasteiger partial charge in [-0.05, 0) is 18.6 Å². The van der Waals surface area contributed by atoms with Gasteiger partial charge in [0.05, 0.1) is 24.5 Å². The summed E-state index contributed by atoms with van der Waals surface area (Å²) in [4.78, 5) is 16.7. The van der Waals surface area contributed by atoms with E-state index >= 15 is 0 Å². The number of halogens is 1. The van der Waals surface area contributed by atoms with E-state index in [2.05, 4.69) is 4.90 Å². The molecule has 132 valence electrons. The summed E-state index contributed by atoms with van der Waals surface area (Å²) >= 11 is 0. The van der Waals surface area contributed by atoms with Crippen LogP contribution in [0.3, 0.4) is 0 Å². The zero-order chi connectivity index (χ0) is 17.2. The average Bonchev–Trinajstić information content (AvgIpc) is 3.29. The lowest BCUT2D eigenvalue weighted by atomic mass is 10.1. The zero-order valence-electron chi connectivity index (χ0n) is 13.9. The summed E-state index contributed by atoms with van der Waals surface area (Å²) < 4.78 is 24.6. The quantitative estimate of drug-likeness (QED) is 0.855. The van der Waals surface area contributed by atoms with E-state index in [-0.39, 0.29) is 24.4 Å². The van der Waals surface area contributed by atoms with Crippen LogP contribution in [0.1, 0.15) is 22.3 Å². The third kappa shape index (κ3) is 3.45. The van der Waals surface area contributed by atoms with E-state index in [0.717, 1.165) is 19.5 Å². The van der Waals surface area contributed by atoms with Gasteiger partial charge in [0.15, 0.2) is 0 Å². The number of ether oxygens (including phenoxy) is 1. The summed E-state index contributed by atoms with van der Waals surface area (Å²) in [7, 11) is 0. The van der Waals surface area contributed by atoms with Gasteiger partial charge in [-0.25, -0.2) is 4.39 Å². The monoisotopic (exact) mass is 344 g/mol. The van der Waals surface area contributed by atoms with Crippen LogP contribution in [-0.4, -0.2) is 54.0 Å². The van der Waals surface area contributed by atoms with Crippen molar-refractivity contribution in [2.24, 2.45) is 0 Å². The lowest BCUT2D eigenvalue weighted by Gasteiger charge is -2.37. The molecule has 2 aromatic rings. The Labute approximate surface area is 146 Å². The van der Waals surface area contributed by atoms with Gasteiger partial charge in [0.25, 0.3) is 5.91 Å². The predicted octanol–water partition coefficient (Wildman–Crippen LogP) is 2.53. The molecule has 0 saturated carbocycles. The van der Waals surface area contributed by atoms with Crippen molar-refractivity contribution in [3.8, 4) is 0 Å². The van der Waals surface area contributed by atoms with Crippen LogP contribution in [-0.2, 0) is 11.3 Å². The summed E-state index contributed by atoms with van der Waals surface area (Å²) in [5, 5.41) is 0. The molecule has 2 fully saturated rings. The van der Waals surface area contributed by atoms with Gasteiger partial charge >= 0.3 is 0 Å². The van der Waals surface area contributed by atoms with Gasteiger partial charge in [0.1, 0.15) is 12.1 Å². The van der Waals surface area contributed by atoms with Crippen molar-refractivity contribution in [2.75, 3.05) is 26.2 Å². The maximum Gasteiger partial charge on any atom is 0.257 e. The van der Waals surface area contributed by atoms with Crippen LogP contribution in [0.2, 0.25) is 0 Å². The highest BCUT2D eigenvalue weighted by molar-refractivity contribution is 5.93. The SMILES string of the molecule is O=C(c1ccoc1)N1CCN2C[C@H](OCc3ccccc3F)C[C@H]2C1. The number of piperazine rings is 1. The molecule has 1 aromatic heterocycles. The maximum atomic E-state index is 13.7. The molecule has 2 saturated heterocycles. The third-order valence-corrected chi connectivity index (χ3v) is 5.07. The minimum Gasteiger partial charge on any atom is -0.472 e. The van der Waals surface area contributed by atoms with Crippen molar-refractivity contribution >= 4 is 5.91 Å². The maximum absolute atomic E-state index is 13.7. The molecule has 1 amide bonds. The molecule has 0 N–H and O–H groups in total. The van der Waals surface area contributed by atoms with Crippen molar-refractivity contribution in [1.29, 1.82) is 0 Å². The van der Waals surface area contributed by atoms with Crippen molar-refractivity contribution in [3.63, 3.8) is 0 Å². The molecule has 1 aromatic carbocycles. The third-order valence-electron chi connectivity index (χ3n) is 5.07. The highest BCUT2D eigenvalue weighted by atomic mass is 19.1. The molecule has 3 heterocycles. The molecular formula is C19H21FN2O3. The van der Waals surface area contributed by atoms with E-state index in [1.807, 2.05) is 11.0 Å². The average molecular weight is 344 g/mol. The van der Waals surface area contributed by atoms with Crippen molar-refractivity contribution in [3.05, 3.63) is 59.8 Å². The summed E-state index contributed by atoms with van der Waals surface area (Å²) in [5.74, 6) is -0.209. The fourth-order valence-electron chi connectivity index (χ4n) is 3.69. The molecule has 0 aliphatic carbocycles. The number of fused-ring (bicyclic) bond motifs is 1. The van der Waals surface area contributed by atoms with Gasteiger partial charge in [-0.15, -0.1) is 0 Å². The molecule has 6 heteroatoms. The first-order chi connectivity index (χ1) is 12.2. The van der Waals surface area contributed by atoms with Crippen molar-refractivity contribution in [1.82, 2.24) is 9.80 Å². The molecule has 2 aliphatic heterocycles. The molecule has 0 spiro atoms. The summed E-state index contributed by atoms with van der Waals surface area (Å²) in [6.07, 6.45) is 3.95. The number of hydrogen-bond donors (Lipinski definition) is 0. The van der Waals surface area contributed by atoms with Crippen LogP contribution in [0.25, 0.3) is 0 Å². The number of furan rings is 1. The summed E-state index contributed by atoms with van der Waals surface area (Å²) in [6, 6.07) is 8.71. The summed E-state index contributed by atoms with van der Waals surface area (Å²) in [5.41, 5.74) is 1.18. The molecule has 2 atom stereocenters. The largest absolute Gasteiger partial charge is 0.472 e. The Balaban J connectivity index is 1.33. The van der Waals surface area contributed by atoms with Crippen LogP contribution in [0.5, 0.6) is 0 Å². The number of hydrogen-bond acceptors (Lipinski definition) is 4. The number of amides is 1. The van der Waals surface area contributed by atoms with E-state index in [9.17, 15) is 9.18 Å². The molecule has 25 heavy (non-hydrogen) atoms. The Morgan fingerprint density at radius 1 is 1.24 bits per heavy atom. The number of nitrogens with zero attached hydrogens (tertiary/aromatic N) is 2. The zero-order valence-corrected chi connectivity index (χ0v) is 13.9. The van der Waals surface area contributed by atoms with Crippen LogP contribution >= 0.6 is 0 Å². The minimum atomic E-state index is -0.227. The van der Waals surface area contributed by atoms with Gasteiger partial charge in [-0.3, -0.25) is 9.69 Å². The van der Waals surface area contributed by atoms with Crippen LogP contribution in [0, 0.1) is 5.82 Å². The first-order valence-electron chi connectivity index (χ1n) is 8.61. The second-order valence-corrected chi connectivity index (χ2v) is 6.67. The first kappa shape index (κ1) is 16.3. The second kappa shape index (κ2) is 6.98. The Morgan fingerprint density at radius 3 is 2.92 bits per heavy atom. The Hall–Kier alpha value is -2.18. The van der Waals surface area contributed by atoms with E-state index in [0.29, 0.717) is 30.3 Å². The lowest BCUT2D eigenvalue weighted by Crippen LogP contribution is -2.52. The smallest absolute Gasteiger partial charge is 0.257 e. The highest BCUT2D eigenvalue weighted by Gasteiger charge is 2.38. The standard InChI is InChI=1S/C19H21FN2O3/c20-18-4-2-1-3-14(18)13-25-17-9-16-10-22(7-6-21(16)11-17)19(23)15-5-8-24-12-15/h1-5,8,12,16-17H,6-7,9-11,13H2/t16-,17+/m0/s1. The Morgan fingerprint density at radius 2 is 2.12 bits per heavy atom. The lowest BCUT2D eigenvalue weighted by molar-refractivity contribution is 0.0438. The van der Waals surface area contributed by atoms with Gasteiger partial charge in [-0.2, -0.15) is 0 Å². The molecule has 0 bridgehead atoms. The van der Waals surface area contributed by atoms with Gasteiger partial charge in [0, 0.05) is 37.8 Å². The first-order valence-corrected chi connectivity index (χ1v) is 8.61. The van der Waals surface area contributed by atoms with Gasteiger partial charge < -0.3 is 14.1 Å². The van der Waals surface area contributed by atoms with Crippen molar-refractivity contribution < 1.29 is 18.3 Å². The second-order valence-electron chi connectivity index (χ2n) is 6.67. The van der Waals surface area contributed by atoms with E-state index in [1.165, 1.54) is 18.6 Å². The molecule has 0 radical (unpaired) electrons. The van der Waals surface area contributed by atoms with E-state index in [1.54, 1.807) is 18.2 Å². The fourth-order valence-corrected chi connectivity index (χ4v) is 3.69. The van der Waals surface area contributed by atoms with Crippen molar-refractivity contribution in [2.45, 2.75) is 25.2 Å². The fraction of sp³-hybridized carbons (Fsp3) is 0.421. The summed E-state index contributed by atoms with van der Waals surface area (Å²) in [6.45, 7) is 3.38. The van der Waals surface area contributed by atoms with Crippen LogP contribution < -0.4 is 0 Å². The number of rotatable bonds is 4.